The molecule has 0 fully saturated rings. The van der Waals surface area contributed by atoms with E-state index in [-0.39, 0.29) is 16.8 Å². The molecule has 0 radical (unpaired) electrons. The summed E-state index contributed by atoms with van der Waals surface area (Å²) in [5.74, 6) is -0.958. The minimum atomic E-state index is -0.612. The third-order valence-corrected chi connectivity index (χ3v) is 5.71. The number of amides is 1. The summed E-state index contributed by atoms with van der Waals surface area (Å²) in [4.78, 5) is 25.3. The molecule has 0 bridgehead atoms. The Morgan fingerprint density at radius 3 is 2.81 bits per heavy atom. The zero-order valence-corrected chi connectivity index (χ0v) is 16.8. The van der Waals surface area contributed by atoms with E-state index >= 15 is 0 Å². The van der Waals surface area contributed by atoms with Crippen molar-refractivity contribution in [1.29, 1.82) is 0 Å². The van der Waals surface area contributed by atoms with Gasteiger partial charge in [-0.2, -0.15) is 5.10 Å². The van der Waals surface area contributed by atoms with Crippen LogP contribution in [0.15, 0.2) is 6.20 Å². The molecule has 0 spiro atoms. The van der Waals surface area contributed by atoms with Crippen LogP contribution in [0.25, 0.3) is 0 Å². The second-order valence-corrected chi connectivity index (χ2v) is 7.62. The molecule has 0 atom stereocenters. The standard InChI is InChI=1S/C17H21N5O3S2/c1-3-25-16(24)12-9-6-4-5-7-11(9)27-15(12)21-17(26)20-10-8-19-22(2)13(10)14(18)23/h8H,3-7H2,1-2H3,(H2,18,23)(H2,20,21,26). The molecule has 0 unspecified atom stereocenters. The van der Waals surface area contributed by atoms with Crippen LogP contribution in [0.3, 0.4) is 0 Å². The molecule has 1 amide bonds. The molecular weight excluding hydrogens is 386 g/mol. The molecule has 3 rings (SSSR count). The number of nitrogens with zero attached hydrogens (tertiary/aromatic N) is 2. The largest absolute Gasteiger partial charge is 0.462 e. The van der Waals surface area contributed by atoms with Crippen molar-refractivity contribution < 1.29 is 14.3 Å². The van der Waals surface area contributed by atoms with Crippen molar-refractivity contribution in [3.05, 3.63) is 27.9 Å². The Morgan fingerprint density at radius 1 is 1.37 bits per heavy atom. The van der Waals surface area contributed by atoms with Crippen LogP contribution >= 0.6 is 23.6 Å². The van der Waals surface area contributed by atoms with Crippen LogP contribution in [0.4, 0.5) is 10.7 Å². The second-order valence-electron chi connectivity index (χ2n) is 6.11. The zero-order chi connectivity index (χ0) is 19.6. The summed E-state index contributed by atoms with van der Waals surface area (Å²) in [6.07, 6.45) is 5.43. The van der Waals surface area contributed by atoms with Crippen LogP contribution in [0.5, 0.6) is 0 Å². The molecule has 0 saturated heterocycles. The average molecular weight is 408 g/mol. The van der Waals surface area contributed by atoms with Gasteiger partial charge in [0.05, 0.1) is 24.1 Å². The number of fused-ring (bicyclic) bond motifs is 1. The van der Waals surface area contributed by atoms with Crippen LogP contribution in [-0.2, 0) is 24.6 Å². The summed E-state index contributed by atoms with van der Waals surface area (Å²) in [7, 11) is 1.62. The van der Waals surface area contributed by atoms with Crippen LogP contribution < -0.4 is 16.4 Å². The topological polar surface area (TPSA) is 111 Å². The number of thiocarbonyl (C=S) groups is 1. The number of carbonyl (C=O) groups is 2. The maximum Gasteiger partial charge on any atom is 0.341 e. The first-order chi connectivity index (χ1) is 12.9. The van der Waals surface area contributed by atoms with Crippen molar-refractivity contribution in [2.75, 3.05) is 17.2 Å². The number of esters is 1. The van der Waals surface area contributed by atoms with Crippen molar-refractivity contribution in [3.63, 3.8) is 0 Å². The number of primary amides is 1. The quantitative estimate of drug-likeness (QED) is 0.516. The summed E-state index contributed by atoms with van der Waals surface area (Å²) < 4.78 is 6.61. The minimum absolute atomic E-state index is 0.218. The van der Waals surface area contributed by atoms with Gasteiger partial charge in [0, 0.05) is 11.9 Å². The third kappa shape index (κ3) is 3.96. The van der Waals surface area contributed by atoms with Crippen molar-refractivity contribution in [1.82, 2.24) is 9.78 Å². The molecule has 10 heteroatoms. The van der Waals surface area contributed by atoms with Crippen LogP contribution in [0.2, 0.25) is 0 Å². The van der Waals surface area contributed by atoms with E-state index in [0.29, 0.717) is 22.9 Å². The first-order valence-corrected chi connectivity index (χ1v) is 9.86. The molecule has 0 saturated carbocycles. The molecule has 1 aliphatic rings. The van der Waals surface area contributed by atoms with Crippen LogP contribution in [-0.4, -0.2) is 33.4 Å². The van der Waals surface area contributed by atoms with Gasteiger partial charge in [0.1, 0.15) is 10.7 Å². The Bertz CT molecular complexity index is 903. The number of ether oxygens (including phenoxy) is 1. The first-order valence-electron chi connectivity index (χ1n) is 8.63. The minimum Gasteiger partial charge on any atom is -0.462 e. The fourth-order valence-corrected chi connectivity index (χ4v) is 4.71. The Kier molecular flexibility index (Phi) is 5.76. The average Bonchev–Trinajstić information content (AvgIpc) is 3.14. The molecular formula is C17H21N5O3S2. The molecule has 0 aromatic carbocycles. The normalized spacial score (nSPS) is 13.0. The van der Waals surface area contributed by atoms with E-state index in [0.717, 1.165) is 31.2 Å². The number of nitrogens with one attached hydrogen (secondary N) is 2. The van der Waals surface area contributed by atoms with Crippen molar-refractivity contribution in [2.24, 2.45) is 12.8 Å². The monoisotopic (exact) mass is 407 g/mol. The highest BCUT2D eigenvalue weighted by atomic mass is 32.1. The first kappa shape index (κ1) is 19.3. The predicted molar refractivity (Wildman–Crippen MR) is 108 cm³/mol. The summed E-state index contributed by atoms with van der Waals surface area (Å²) in [5, 5.41) is 10.9. The van der Waals surface area contributed by atoms with Gasteiger partial charge in [-0.3, -0.25) is 9.48 Å². The van der Waals surface area contributed by atoms with E-state index in [4.69, 9.17) is 22.7 Å². The van der Waals surface area contributed by atoms with Crippen molar-refractivity contribution in [2.45, 2.75) is 32.6 Å². The number of hydrogen-bond donors (Lipinski definition) is 3. The van der Waals surface area contributed by atoms with Gasteiger partial charge in [0.15, 0.2) is 5.11 Å². The molecule has 4 N–H and O–H groups in total. The SMILES string of the molecule is CCOC(=O)c1c(NC(=S)Nc2cnn(C)c2C(N)=O)sc2c1CCCC2. The highest BCUT2D eigenvalue weighted by molar-refractivity contribution is 7.80. The number of hydrogen-bond acceptors (Lipinski definition) is 6. The Hall–Kier alpha value is -2.46. The van der Waals surface area contributed by atoms with Crippen molar-refractivity contribution >= 4 is 51.2 Å². The number of aryl methyl sites for hydroxylation is 2. The van der Waals surface area contributed by atoms with Gasteiger partial charge in [-0.15, -0.1) is 11.3 Å². The van der Waals surface area contributed by atoms with E-state index in [9.17, 15) is 9.59 Å². The number of aromatic nitrogens is 2. The molecule has 2 aromatic heterocycles. The van der Waals surface area contributed by atoms with E-state index in [1.54, 1.807) is 14.0 Å². The van der Waals surface area contributed by atoms with Crippen LogP contribution in [0.1, 0.15) is 51.1 Å². The molecule has 27 heavy (non-hydrogen) atoms. The maximum atomic E-state index is 12.5. The van der Waals surface area contributed by atoms with Gasteiger partial charge >= 0.3 is 5.97 Å². The summed E-state index contributed by atoms with van der Waals surface area (Å²) in [6.45, 7) is 2.09. The third-order valence-electron chi connectivity index (χ3n) is 4.30. The van der Waals surface area contributed by atoms with Gasteiger partial charge in [-0.1, -0.05) is 0 Å². The molecule has 2 heterocycles. The summed E-state index contributed by atoms with van der Waals surface area (Å²) in [6, 6.07) is 0. The van der Waals surface area contributed by atoms with Gasteiger partial charge in [-0.05, 0) is 50.4 Å². The second kappa shape index (κ2) is 8.05. The summed E-state index contributed by atoms with van der Waals surface area (Å²) in [5.41, 5.74) is 7.62. The van der Waals surface area contributed by atoms with E-state index in [1.165, 1.54) is 27.1 Å². The molecule has 2 aromatic rings. The lowest BCUT2D eigenvalue weighted by molar-refractivity contribution is 0.0526. The lowest BCUT2D eigenvalue weighted by Crippen LogP contribution is -2.23. The van der Waals surface area contributed by atoms with Gasteiger partial charge in [0.25, 0.3) is 5.91 Å². The summed E-state index contributed by atoms with van der Waals surface area (Å²) >= 11 is 6.89. The molecule has 0 aliphatic heterocycles. The van der Waals surface area contributed by atoms with E-state index in [2.05, 4.69) is 15.7 Å². The number of thiophene rings is 1. The molecule has 1 aliphatic carbocycles. The van der Waals surface area contributed by atoms with Crippen molar-refractivity contribution in [3.8, 4) is 0 Å². The lowest BCUT2D eigenvalue weighted by Gasteiger charge is -2.13. The van der Waals surface area contributed by atoms with Gasteiger partial charge in [-0.25, -0.2) is 4.79 Å². The lowest BCUT2D eigenvalue weighted by atomic mass is 9.95. The predicted octanol–water partition coefficient (Wildman–Crippen LogP) is 2.44. The van der Waals surface area contributed by atoms with Crippen LogP contribution in [0, 0.1) is 0 Å². The fraction of sp³-hybridized carbons (Fsp3) is 0.412. The highest BCUT2D eigenvalue weighted by Crippen LogP contribution is 2.38. The Balaban J connectivity index is 1.85. The zero-order valence-electron chi connectivity index (χ0n) is 15.1. The maximum absolute atomic E-state index is 12.5. The molecule has 144 valence electrons. The molecule has 8 nitrogen and oxygen atoms in total. The fourth-order valence-electron chi connectivity index (χ4n) is 3.15. The Labute approximate surface area is 166 Å². The number of rotatable bonds is 5. The van der Waals surface area contributed by atoms with Gasteiger partial charge < -0.3 is 21.1 Å². The number of nitrogens with two attached hydrogens (primary N) is 1. The Morgan fingerprint density at radius 2 is 2.11 bits per heavy atom. The number of anilines is 2. The number of carbonyl (C=O) groups excluding carboxylic acids is 2. The van der Waals surface area contributed by atoms with E-state index in [1.807, 2.05) is 0 Å². The highest BCUT2D eigenvalue weighted by Gasteiger charge is 2.27. The van der Waals surface area contributed by atoms with E-state index < -0.39 is 5.91 Å². The smallest absolute Gasteiger partial charge is 0.341 e. The van der Waals surface area contributed by atoms with Gasteiger partial charge in [0.2, 0.25) is 0 Å².